The van der Waals surface area contributed by atoms with Gasteiger partial charge in [-0.25, -0.2) is 22.2 Å². The normalized spacial score (nSPS) is 16.6. The van der Waals surface area contributed by atoms with Crippen LogP contribution in [0.1, 0.15) is 25.7 Å². The zero-order valence-corrected chi connectivity index (χ0v) is 15.3. The SMILES string of the molecule is Cl.NCC(NS(=O)(=O)c1cnn(-c2ccccc2F)c1)C1CCCC1. The van der Waals surface area contributed by atoms with Crippen molar-refractivity contribution in [3.05, 3.63) is 42.5 Å². The number of nitrogens with two attached hydrogens (primary N) is 1. The van der Waals surface area contributed by atoms with Crippen molar-refractivity contribution in [3.8, 4) is 5.69 Å². The van der Waals surface area contributed by atoms with E-state index in [4.69, 9.17) is 5.73 Å². The van der Waals surface area contributed by atoms with Crippen LogP contribution in [0.2, 0.25) is 0 Å². The Bertz CT molecular complexity index is 806. The van der Waals surface area contributed by atoms with Gasteiger partial charge in [0.2, 0.25) is 10.0 Å². The number of hydrogen-bond acceptors (Lipinski definition) is 4. The van der Waals surface area contributed by atoms with E-state index in [0.29, 0.717) is 0 Å². The summed E-state index contributed by atoms with van der Waals surface area (Å²) in [6.07, 6.45) is 6.71. The molecule has 0 saturated heterocycles. The van der Waals surface area contributed by atoms with Crippen molar-refractivity contribution in [2.24, 2.45) is 11.7 Å². The third-order valence-electron chi connectivity index (χ3n) is 4.50. The molecule has 2 aromatic rings. The third kappa shape index (κ3) is 4.38. The van der Waals surface area contributed by atoms with Gasteiger partial charge < -0.3 is 5.73 Å². The van der Waals surface area contributed by atoms with Gasteiger partial charge in [-0.05, 0) is 30.9 Å². The van der Waals surface area contributed by atoms with Crippen LogP contribution in [0.4, 0.5) is 4.39 Å². The molecule has 1 aromatic carbocycles. The average Bonchev–Trinajstić information content (AvgIpc) is 3.25. The summed E-state index contributed by atoms with van der Waals surface area (Å²) in [6.45, 7) is 0.255. The monoisotopic (exact) mass is 388 g/mol. The fraction of sp³-hybridized carbons (Fsp3) is 0.438. The summed E-state index contributed by atoms with van der Waals surface area (Å²) in [5, 5.41) is 3.97. The lowest BCUT2D eigenvalue weighted by atomic mass is 9.99. The van der Waals surface area contributed by atoms with Crippen LogP contribution >= 0.6 is 12.4 Å². The first-order chi connectivity index (χ1) is 11.5. The Morgan fingerprint density at radius 3 is 2.64 bits per heavy atom. The van der Waals surface area contributed by atoms with E-state index < -0.39 is 15.8 Å². The minimum Gasteiger partial charge on any atom is -0.329 e. The largest absolute Gasteiger partial charge is 0.329 e. The fourth-order valence-electron chi connectivity index (χ4n) is 3.18. The Hall–Kier alpha value is -1.48. The topological polar surface area (TPSA) is 90.0 Å². The summed E-state index contributed by atoms with van der Waals surface area (Å²) in [7, 11) is -3.74. The molecule has 138 valence electrons. The van der Waals surface area contributed by atoms with Gasteiger partial charge in [0.15, 0.2) is 0 Å². The molecular weight excluding hydrogens is 367 g/mol. The van der Waals surface area contributed by atoms with Crippen molar-refractivity contribution < 1.29 is 12.8 Å². The summed E-state index contributed by atoms with van der Waals surface area (Å²) in [5.74, 6) is -0.199. The molecule has 3 rings (SSSR count). The van der Waals surface area contributed by atoms with Gasteiger partial charge >= 0.3 is 0 Å². The highest BCUT2D eigenvalue weighted by molar-refractivity contribution is 7.89. The number of nitrogens with one attached hydrogen (secondary N) is 1. The van der Waals surface area contributed by atoms with E-state index in [1.165, 1.54) is 29.2 Å². The molecular formula is C16H22ClFN4O2S. The number of rotatable bonds is 6. The van der Waals surface area contributed by atoms with Gasteiger partial charge in [0.25, 0.3) is 0 Å². The van der Waals surface area contributed by atoms with Crippen LogP contribution < -0.4 is 10.5 Å². The Kier molecular flexibility index (Phi) is 6.56. The highest BCUT2D eigenvalue weighted by Crippen LogP contribution is 2.28. The van der Waals surface area contributed by atoms with Crippen molar-refractivity contribution in [1.82, 2.24) is 14.5 Å². The van der Waals surface area contributed by atoms with E-state index in [9.17, 15) is 12.8 Å². The van der Waals surface area contributed by atoms with E-state index in [1.54, 1.807) is 12.1 Å². The maximum atomic E-state index is 13.8. The lowest BCUT2D eigenvalue weighted by Crippen LogP contribution is -2.44. The maximum absolute atomic E-state index is 13.8. The Balaban J connectivity index is 0.00000225. The zero-order chi connectivity index (χ0) is 17.2. The molecule has 1 aliphatic carbocycles. The summed E-state index contributed by atoms with van der Waals surface area (Å²) >= 11 is 0. The molecule has 1 heterocycles. The second-order valence-corrected chi connectivity index (χ2v) is 7.79. The van der Waals surface area contributed by atoms with Crippen LogP contribution in [0.5, 0.6) is 0 Å². The van der Waals surface area contributed by atoms with Crippen LogP contribution in [0.3, 0.4) is 0 Å². The van der Waals surface area contributed by atoms with E-state index in [2.05, 4.69) is 9.82 Å². The number of para-hydroxylation sites is 1. The predicted molar refractivity (Wildman–Crippen MR) is 95.9 cm³/mol. The molecule has 0 amide bonds. The quantitative estimate of drug-likeness (QED) is 0.794. The smallest absolute Gasteiger partial charge is 0.244 e. The van der Waals surface area contributed by atoms with Crippen molar-refractivity contribution in [1.29, 1.82) is 0 Å². The minimum absolute atomic E-state index is 0. The second kappa shape index (κ2) is 8.27. The average molecular weight is 389 g/mol. The second-order valence-electron chi connectivity index (χ2n) is 6.08. The Labute approximate surface area is 153 Å². The van der Waals surface area contributed by atoms with E-state index in [-0.39, 0.29) is 41.5 Å². The van der Waals surface area contributed by atoms with Crippen molar-refractivity contribution in [3.63, 3.8) is 0 Å². The first kappa shape index (κ1) is 19.8. The minimum atomic E-state index is -3.74. The molecule has 1 fully saturated rings. The van der Waals surface area contributed by atoms with Gasteiger partial charge in [0.1, 0.15) is 16.4 Å². The summed E-state index contributed by atoms with van der Waals surface area (Å²) in [6, 6.07) is 5.78. The van der Waals surface area contributed by atoms with Gasteiger partial charge in [0.05, 0.1) is 12.4 Å². The number of aromatic nitrogens is 2. The lowest BCUT2D eigenvalue weighted by molar-refractivity contribution is 0.405. The third-order valence-corrected chi connectivity index (χ3v) is 5.94. The van der Waals surface area contributed by atoms with E-state index >= 15 is 0 Å². The zero-order valence-electron chi connectivity index (χ0n) is 13.6. The van der Waals surface area contributed by atoms with Gasteiger partial charge in [0, 0.05) is 12.6 Å². The number of sulfonamides is 1. The molecule has 3 N–H and O–H groups in total. The van der Waals surface area contributed by atoms with E-state index in [1.807, 2.05) is 0 Å². The van der Waals surface area contributed by atoms with Gasteiger partial charge in [-0.2, -0.15) is 5.10 Å². The van der Waals surface area contributed by atoms with Crippen LogP contribution in [0.15, 0.2) is 41.6 Å². The van der Waals surface area contributed by atoms with Crippen LogP contribution in [-0.4, -0.2) is 30.8 Å². The summed E-state index contributed by atoms with van der Waals surface area (Å²) < 4.78 is 42.9. The summed E-state index contributed by atoms with van der Waals surface area (Å²) in [5.41, 5.74) is 5.96. The van der Waals surface area contributed by atoms with Gasteiger partial charge in [-0.15, -0.1) is 12.4 Å². The fourth-order valence-corrected chi connectivity index (χ4v) is 4.43. The maximum Gasteiger partial charge on any atom is 0.244 e. The number of benzene rings is 1. The van der Waals surface area contributed by atoms with Crippen molar-refractivity contribution in [2.75, 3.05) is 6.54 Å². The molecule has 1 unspecified atom stereocenters. The lowest BCUT2D eigenvalue weighted by Gasteiger charge is -2.22. The number of nitrogens with zero attached hydrogens (tertiary/aromatic N) is 2. The van der Waals surface area contributed by atoms with Crippen LogP contribution in [0, 0.1) is 11.7 Å². The first-order valence-electron chi connectivity index (χ1n) is 8.03. The predicted octanol–water partition coefficient (Wildman–Crippen LogP) is 2.23. The molecule has 0 aliphatic heterocycles. The highest BCUT2D eigenvalue weighted by Gasteiger charge is 2.29. The first-order valence-corrected chi connectivity index (χ1v) is 9.51. The molecule has 1 atom stereocenters. The molecule has 0 spiro atoms. The summed E-state index contributed by atoms with van der Waals surface area (Å²) in [4.78, 5) is 0.00204. The number of halogens is 2. The molecule has 6 nitrogen and oxygen atoms in total. The molecule has 1 saturated carbocycles. The van der Waals surface area contributed by atoms with Crippen molar-refractivity contribution >= 4 is 22.4 Å². The molecule has 25 heavy (non-hydrogen) atoms. The molecule has 9 heteroatoms. The standard InChI is InChI=1S/C16H21FN4O2S.ClH/c17-14-7-3-4-8-16(14)21-11-13(10-19-21)24(22,23)20-15(9-18)12-5-1-2-6-12;/h3-4,7-8,10-12,15,20H,1-2,5-6,9,18H2;1H. The Morgan fingerprint density at radius 1 is 1.32 bits per heavy atom. The molecule has 1 aliphatic rings. The number of hydrogen-bond donors (Lipinski definition) is 2. The van der Waals surface area contributed by atoms with Crippen molar-refractivity contribution in [2.45, 2.75) is 36.6 Å². The molecule has 1 aromatic heterocycles. The van der Waals surface area contributed by atoms with Gasteiger partial charge in [-0.1, -0.05) is 25.0 Å². The molecule has 0 radical (unpaired) electrons. The Morgan fingerprint density at radius 2 is 2.00 bits per heavy atom. The molecule has 0 bridgehead atoms. The van der Waals surface area contributed by atoms with Gasteiger partial charge in [-0.3, -0.25) is 0 Å². The van der Waals surface area contributed by atoms with Crippen LogP contribution in [-0.2, 0) is 10.0 Å². The highest BCUT2D eigenvalue weighted by atomic mass is 35.5. The van der Waals surface area contributed by atoms with E-state index in [0.717, 1.165) is 25.7 Å². The van der Waals surface area contributed by atoms with Crippen LogP contribution in [0.25, 0.3) is 5.69 Å².